The summed E-state index contributed by atoms with van der Waals surface area (Å²) in [5.74, 6) is -0.537. The summed E-state index contributed by atoms with van der Waals surface area (Å²) in [6.07, 6.45) is 4.67. The third-order valence-corrected chi connectivity index (χ3v) is 5.36. The molecule has 1 fully saturated rings. The topological polar surface area (TPSA) is 58.2 Å². The predicted octanol–water partition coefficient (Wildman–Crippen LogP) is 2.41. The molecule has 0 aromatic heterocycles. The van der Waals surface area contributed by atoms with Gasteiger partial charge in [-0.15, -0.1) is 0 Å². The molecule has 0 unspecified atom stereocenters. The van der Waals surface area contributed by atoms with Crippen molar-refractivity contribution in [3.63, 3.8) is 0 Å². The predicted molar refractivity (Wildman–Crippen MR) is 81.1 cm³/mol. The summed E-state index contributed by atoms with van der Waals surface area (Å²) in [6, 6.07) is 5.55. The molecule has 0 saturated heterocycles. The Morgan fingerprint density at radius 2 is 1.86 bits per heavy atom. The first-order valence-electron chi connectivity index (χ1n) is 7.52. The Morgan fingerprint density at radius 1 is 1.19 bits per heavy atom. The average Bonchev–Trinajstić information content (AvgIpc) is 2.46. The van der Waals surface area contributed by atoms with Crippen LogP contribution in [0.3, 0.4) is 0 Å². The van der Waals surface area contributed by atoms with Gasteiger partial charge in [0.05, 0.1) is 4.90 Å². The first-order chi connectivity index (χ1) is 10.0. The van der Waals surface area contributed by atoms with Gasteiger partial charge in [0.2, 0.25) is 10.0 Å². The Morgan fingerprint density at radius 3 is 2.48 bits per heavy atom. The molecule has 118 valence electrons. The molecule has 4 nitrogen and oxygen atoms in total. The Bertz CT molecular complexity index is 555. The standard InChI is InChI=1S/C15H23FN2O2S/c1-2-10-17-13-6-8-14(9-7-13)18-21(19,20)15-5-3-4-12(16)11-15/h3-5,11,13-14,17-18H,2,6-10H2,1H3. The molecule has 1 aliphatic rings. The highest BCUT2D eigenvalue weighted by Crippen LogP contribution is 2.21. The fraction of sp³-hybridized carbons (Fsp3) is 0.600. The fourth-order valence-corrected chi connectivity index (χ4v) is 4.02. The molecule has 0 spiro atoms. The minimum Gasteiger partial charge on any atom is -0.314 e. The molecule has 1 aliphatic carbocycles. The smallest absolute Gasteiger partial charge is 0.240 e. The number of hydrogen-bond acceptors (Lipinski definition) is 3. The highest BCUT2D eigenvalue weighted by molar-refractivity contribution is 7.89. The molecule has 21 heavy (non-hydrogen) atoms. The molecular formula is C15H23FN2O2S. The number of rotatable bonds is 6. The van der Waals surface area contributed by atoms with E-state index < -0.39 is 15.8 Å². The van der Waals surface area contributed by atoms with E-state index >= 15 is 0 Å². The lowest BCUT2D eigenvalue weighted by Gasteiger charge is -2.29. The minimum atomic E-state index is -3.63. The SMILES string of the molecule is CCCNC1CCC(NS(=O)(=O)c2cccc(F)c2)CC1. The van der Waals surface area contributed by atoms with E-state index in [0.717, 1.165) is 44.7 Å². The molecule has 0 atom stereocenters. The molecule has 0 aliphatic heterocycles. The Balaban J connectivity index is 1.90. The van der Waals surface area contributed by atoms with Crippen LogP contribution in [0.4, 0.5) is 4.39 Å². The van der Waals surface area contributed by atoms with Crippen LogP contribution in [0.1, 0.15) is 39.0 Å². The van der Waals surface area contributed by atoms with E-state index in [0.29, 0.717) is 6.04 Å². The highest BCUT2D eigenvalue weighted by atomic mass is 32.2. The van der Waals surface area contributed by atoms with Crippen LogP contribution in [0.5, 0.6) is 0 Å². The number of benzene rings is 1. The van der Waals surface area contributed by atoms with E-state index in [9.17, 15) is 12.8 Å². The average molecular weight is 314 g/mol. The molecule has 1 aromatic carbocycles. The molecule has 6 heteroatoms. The zero-order valence-corrected chi connectivity index (χ0v) is 13.1. The van der Waals surface area contributed by atoms with Gasteiger partial charge in [0.15, 0.2) is 0 Å². The van der Waals surface area contributed by atoms with Gasteiger partial charge < -0.3 is 5.32 Å². The highest BCUT2D eigenvalue weighted by Gasteiger charge is 2.25. The van der Waals surface area contributed by atoms with E-state index in [1.54, 1.807) is 0 Å². The third kappa shape index (κ3) is 4.76. The van der Waals surface area contributed by atoms with Crippen molar-refractivity contribution < 1.29 is 12.8 Å². The van der Waals surface area contributed by atoms with Gasteiger partial charge in [0.1, 0.15) is 5.82 Å². The summed E-state index contributed by atoms with van der Waals surface area (Å²) in [5, 5.41) is 3.47. The zero-order valence-electron chi connectivity index (χ0n) is 12.3. The van der Waals surface area contributed by atoms with Crippen LogP contribution in [-0.2, 0) is 10.0 Å². The summed E-state index contributed by atoms with van der Waals surface area (Å²) in [5.41, 5.74) is 0. The normalized spacial score (nSPS) is 23.1. The van der Waals surface area contributed by atoms with Gasteiger partial charge in [-0.2, -0.15) is 0 Å². The van der Waals surface area contributed by atoms with Crippen LogP contribution < -0.4 is 10.0 Å². The monoisotopic (exact) mass is 314 g/mol. The van der Waals surface area contributed by atoms with Crippen molar-refractivity contribution in [1.29, 1.82) is 0 Å². The Hall–Kier alpha value is -0.980. The summed E-state index contributed by atoms with van der Waals surface area (Å²) in [7, 11) is -3.63. The first kappa shape index (κ1) is 16.4. The molecule has 1 saturated carbocycles. The van der Waals surface area contributed by atoms with Crippen molar-refractivity contribution in [1.82, 2.24) is 10.0 Å². The second-order valence-corrected chi connectivity index (χ2v) is 7.30. The van der Waals surface area contributed by atoms with Gasteiger partial charge in [-0.1, -0.05) is 13.0 Å². The summed E-state index contributed by atoms with van der Waals surface area (Å²) in [4.78, 5) is -0.00580. The van der Waals surface area contributed by atoms with Crippen LogP contribution >= 0.6 is 0 Å². The lowest BCUT2D eigenvalue weighted by molar-refractivity contribution is 0.330. The van der Waals surface area contributed by atoms with Crippen molar-refractivity contribution in [3.8, 4) is 0 Å². The largest absolute Gasteiger partial charge is 0.314 e. The van der Waals surface area contributed by atoms with Gasteiger partial charge in [-0.05, 0) is 56.8 Å². The number of sulfonamides is 1. The lowest BCUT2D eigenvalue weighted by Crippen LogP contribution is -2.42. The molecular weight excluding hydrogens is 291 g/mol. The molecule has 1 aromatic rings. The minimum absolute atomic E-state index is 0.00580. The van der Waals surface area contributed by atoms with Crippen LogP contribution in [0.25, 0.3) is 0 Å². The third-order valence-electron chi connectivity index (χ3n) is 3.84. The van der Waals surface area contributed by atoms with Crippen molar-refractivity contribution in [2.45, 2.75) is 56.0 Å². The lowest BCUT2D eigenvalue weighted by atomic mass is 9.92. The van der Waals surface area contributed by atoms with Gasteiger partial charge in [-0.25, -0.2) is 17.5 Å². The molecule has 0 heterocycles. The van der Waals surface area contributed by atoms with E-state index in [2.05, 4.69) is 17.0 Å². The Labute approximate surface area is 126 Å². The second kappa shape index (κ2) is 7.33. The van der Waals surface area contributed by atoms with Crippen molar-refractivity contribution in [2.24, 2.45) is 0 Å². The van der Waals surface area contributed by atoms with Gasteiger partial charge >= 0.3 is 0 Å². The number of halogens is 1. The second-order valence-electron chi connectivity index (χ2n) is 5.58. The van der Waals surface area contributed by atoms with Gasteiger partial charge in [0, 0.05) is 12.1 Å². The molecule has 0 bridgehead atoms. The maximum atomic E-state index is 13.1. The molecule has 2 rings (SSSR count). The van der Waals surface area contributed by atoms with Crippen molar-refractivity contribution in [2.75, 3.05) is 6.54 Å². The molecule has 0 amide bonds. The Kier molecular flexibility index (Phi) is 5.72. The quantitative estimate of drug-likeness (QED) is 0.848. The summed E-state index contributed by atoms with van der Waals surface area (Å²) < 4.78 is 40.3. The van der Waals surface area contributed by atoms with E-state index in [1.165, 1.54) is 18.2 Å². The number of nitrogens with one attached hydrogen (secondary N) is 2. The zero-order chi connectivity index (χ0) is 15.3. The van der Waals surface area contributed by atoms with E-state index in [1.807, 2.05) is 0 Å². The van der Waals surface area contributed by atoms with E-state index in [4.69, 9.17) is 0 Å². The fourth-order valence-electron chi connectivity index (χ4n) is 2.69. The first-order valence-corrected chi connectivity index (χ1v) is 9.01. The number of hydrogen-bond donors (Lipinski definition) is 2. The maximum absolute atomic E-state index is 13.1. The van der Waals surface area contributed by atoms with Gasteiger partial charge in [0.25, 0.3) is 0 Å². The van der Waals surface area contributed by atoms with Crippen molar-refractivity contribution in [3.05, 3.63) is 30.1 Å². The summed E-state index contributed by atoms with van der Waals surface area (Å²) >= 11 is 0. The van der Waals surface area contributed by atoms with Crippen molar-refractivity contribution >= 4 is 10.0 Å². The van der Waals surface area contributed by atoms with E-state index in [-0.39, 0.29) is 10.9 Å². The van der Waals surface area contributed by atoms with Crippen LogP contribution in [0, 0.1) is 5.82 Å². The molecule has 2 N–H and O–H groups in total. The molecule has 0 radical (unpaired) electrons. The van der Waals surface area contributed by atoms with Gasteiger partial charge in [-0.3, -0.25) is 0 Å². The maximum Gasteiger partial charge on any atom is 0.240 e. The van der Waals surface area contributed by atoms with Crippen LogP contribution in [-0.4, -0.2) is 27.0 Å². The summed E-state index contributed by atoms with van der Waals surface area (Å²) in [6.45, 7) is 3.14. The van der Waals surface area contributed by atoms with Crippen LogP contribution in [0.2, 0.25) is 0 Å². The van der Waals surface area contributed by atoms with Crippen LogP contribution in [0.15, 0.2) is 29.2 Å².